The number of carbonyl (C=O) groups excluding carboxylic acids is 2. The minimum absolute atomic E-state index is 0.150. The minimum atomic E-state index is -0.413. The fourth-order valence-corrected chi connectivity index (χ4v) is 3.16. The van der Waals surface area contributed by atoms with E-state index >= 15 is 0 Å². The van der Waals surface area contributed by atoms with Gasteiger partial charge in [-0.2, -0.15) is 5.10 Å². The molecule has 30 heavy (non-hydrogen) atoms. The smallest absolute Gasteiger partial charge is 0.325 e. The van der Waals surface area contributed by atoms with E-state index in [2.05, 4.69) is 10.4 Å². The Labute approximate surface area is 175 Å². The van der Waals surface area contributed by atoms with Gasteiger partial charge in [0.25, 0.3) is 5.91 Å². The lowest BCUT2D eigenvalue weighted by Gasteiger charge is -2.06. The van der Waals surface area contributed by atoms with E-state index in [4.69, 9.17) is 4.74 Å². The van der Waals surface area contributed by atoms with Gasteiger partial charge >= 0.3 is 5.97 Å². The number of carbonyl (C=O) groups is 2. The van der Waals surface area contributed by atoms with E-state index in [1.54, 1.807) is 10.9 Å². The number of aryl methyl sites for hydroxylation is 1. The Morgan fingerprint density at radius 2 is 1.83 bits per heavy atom. The summed E-state index contributed by atoms with van der Waals surface area (Å²) >= 11 is 0. The number of nitrogens with one attached hydrogen (secondary N) is 1. The van der Waals surface area contributed by atoms with Gasteiger partial charge in [0.05, 0.1) is 18.7 Å². The van der Waals surface area contributed by atoms with Crippen LogP contribution in [0.1, 0.15) is 34.3 Å². The molecule has 0 atom stereocenters. The number of benzene rings is 2. The average Bonchev–Trinajstić information content (AvgIpc) is 3.50. The molecular weight excluding hydrogens is 378 g/mol. The first kappa shape index (κ1) is 19.9. The Morgan fingerprint density at radius 1 is 1.10 bits per heavy atom. The van der Waals surface area contributed by atoms with Gasteiger partial charge in [-0.3, -0.25) is 14.3 Å². The molecule has 6 heteroatoms. The van der Waals surface area contributed by atoms with E-state index in [1.807, 2.05) is 61.5 Å². The summed E-state index contributed by atoms with van der Waals surface area (Å²) in [5, 5.41) is 7.34. The first-order valence-electron chi connectivity index (χ1n) is 10.2. The van der Waals surface area contributed by atoms with E-state index in [1.165, 1.54) is 0 Å². The van der Waals surface area contributed by atoms with E-state index in [0.717, 1.165) is 29.5 Å². The molecule has 1 aliphatic carbocycles. The highest BCUT2D eigenvalue weighted by molar-refractivity contribution is 6.01. The third-order valence-electron chi connectivity index (χ3n) is 5.09. The van der Waals surface area contributed by atoms with Crippen LogP contribution in [0, 0.1) is 12.8 Å². The van der Waals surface area contributed by atoms with Crippen LogP contribution in [-0.4, -0.2) is 34.8 Å². The largest absolute Gasteiger partial charge is 0.464 e. The molecule has 1 heterocycles. The number of rotatable bonds is 8. The molecule has 1 saturated carbocycles. The van der Waals surface area contributed by atoms with Crippen molar-refractivity contribution in [1.29, 1.82) is 0 Å². The fraction of sp³-hybridized carbons (Fsp3) is 0.292. The maximum atomic E-state index is 12.9. The summed E-state index contributed by atoms with van der Waals surface area (Å²) < 4.78 is 6.94. The van der Waals surface area contributed by atoms with Crippen LogP contribution in [0.4, 0.5) is 0 Å². The number of hydrogen-bond acceptors (Lipinski definition) is 4. The number of nitrogens with zero attached hydrogens (tertiary/aromatic N) is 2. The van der Waals surface area contributed by atoms with E-state index in [-0.39, 0.29) is 12.5 Å². The van der Waals surface area contributed by atoms with E-state index < -0.39 is 5.97 Å². The van der Waals surface area contributed by atoms with Gasteiger partial charge in [0, 0.05) is 11.8 Å². The molecule has 0 bridgehead atoms. The molecule has 1 aliphatic rings. The number of ether oxygens (including phenoxy) is 1. The zero-order valence-corrected chi connectivity index (χ0v) is 17.0. The molecule has 0 aliphatic heterocycles. The Bertz CT molecular complexity index is 1020. The molecule has 6 nitrogen and oxygen atoms in total. The van der Waals surface area contributed by atoms with Crippen molar-refractivity contribution in [2.45, 2.75) is 26.3 Å². The second kappa shape index (κ2) is 8.95. The van der Waals surface area contributed by atoms with E-state index in [0.29, 0.717) is 30.3 Å². The molecule has 1 fully saturated rings. The summed E-state index contributed by atoms with van der Waals surface area (Å²) in [5.74, 6) is -0.258. The molecule has 0 unspecified atom stereocenters. The van der Waals surface area contributed by atoms with Gasteiger partial charge in [0.2, 0.25) is 0 Å². The Morgan fingerprint density at radius 3 is 2.53 bits per heavy atom. The van der Waals surface area contributed by atoms with Gasteiger partial charge in [-0.1, -0.05) is 60.2 Å². The fourth-order valence-electron chi connectivity index (χ4n) is 3.16. The molecule has 0 saturated heterocycles. The Balaban J connectivity index is 1.52. The number of esters is 1. The van der Waals surface area contributed by atoms with Crippen molar-refractivity contribution in [1.82, 2.24) is 15.1 Å². The minimum Gasteiger partial charge on any atom is -0.464 e. The van der Waals surface area contributed by atoms with Crippen LogP contribution in [-0.2, 0) is 16.1 Å². The lowest BCUT2D eigenvalue weighted by molar-refractivity contribution is -0.142. The third kappa shape index (κ3) is 5.14. The highest BCUT2D eigenvalue weighted by Crippen LogP contribution is 2.28. The van der Waals surface area contributed by atoms with Crippen molar-refractivity contribution in [2.75, 3.05) is 13.2 Å². The van der Waals surface area contributed by atoms with Gasteiger partial charge in [0.1, 0.15) is 12.2 Å². The van der Waals surface area contributed by atoms with Crippen molar-refractivity contribution >= 4 is 11.9 Å². The normalized spacial score (nSPS) is 13.1. The maximum Gasteiger partial charge on any atom is 0.325 e. The zero-order valence-electron chi connectivity index (χ0n) is 17.0. The number of hydrogen-bond donors (Lipinski definition) is 1. The molecule has 0 spiro atoms. The van der Waals surface area contributed by atoms with Crippen molar-refractivity contribution in [3.8, 4) is 11.3 Å². The summed E-state index contributed by atoms with van der Waals surface area (Å²) in [6.45, 7) is 2.86. The zero-order chi connectivity index (χ0) is 20.9. The standard InChI is InChI=1S/C24H25N3O3/c1-17-7-11-20(12-8-17)23-21(15-27(26-23)14-18-5-3-2-4-6-18)24(29)25-13-22(28)30-16-19-9-10-19/h2-8,11-12,15,19H,9-10,13-14,16H2,1H3,(H,25,29). The van der Waals surface area contributed by atoms with Gasteiger partial charge < -0.3 is 10.1 Å². The molecule has 1 aromatic heterocycles. The second-order valence-electron chi connectivity index (χ2n) is 7.75. The predicted octanol–water partition coefficient (Wildman–Crippen LogP) is 3.59. The first-order chi connectivity index (χ1) is 14.6. The van der Waals surface area contributed by atoms with Crippen LogP contribution >= 0.6 is 0 Å². The van der Waals surface area contributed by atoms with E-state index in [9.17, 15) is 9.59 Å². The first-order valence-corrected chi connectivity index (χ1v) is 10.2. The molecule has 0 radical (unpaired) electrons. The quantitative estimate of drug-likeness (QED) is 0.584. The summed E-state index contributed by atoms with van der Waals surface area (Å²) in [6, 6.07) is 17.8. The summed E-state index contributed by atoms with van der Waals surface area (Å²) in [6.07, 6.45) is 3.95. The predicted molar refractivity (Wildman–Crippen MR) is 114 cm³/mol. The van der Waals surface area contributed by atoms with Crippen LogP contribution in [0.2, 0.25) is 0 Å². The van der Waals surface area contributed by atoms with Gasteiger partial charge in [-0.15, -0.1) is 0 Å². The van der Waals surface area contributed by atoms with Crippen LogP contribution in [0.15, 0.2) is 60.8 Å². The number of aromatic nitrogens is 2. The molecule has 2 aromatic carbocycles. The van der Waals surface area contributed by atoms with Crippen LogP contribution in [0.3, 0.4) is 0 Å². The molecule has 4 rings (SSSR count). The molecule has 1 amide bonds. The van der Waals surface area contributed by atoms with Gasteiger partial charge in [-0.05, 0) is 31.2 Å². The van der Waals surface area contributed by atoms with Crippen LogP contribution in [0.5, 0.6) is 0 Å². The van der Waals surface area contributed by atoms with Crippen LogP contribution < -0.4 is 5.32 Å². The van der Waals surface area contributed by atoms with Crippen molar-refractivity contribution in [3.05, 3.63) is 77.5 Å². The average molecular weight is 403 g/mol. The van der Waals surface area contributed by atoms with Crippen molar-refractivity contribution < 1.29 is 14.3 Å². The highest BCUT2D eigenvalue weighted by atomic mass is 16.5. The molecule has 1 N–H and O–H groups in total. The maximum absolute atomic E-state index is 12.9. The van der Waals surface area contributed by atoms with Crippen molar-refractivity contribution in [2.24, 2.45) is 5.92 Å². The summed E-state index contributed by atoms with van der Waals surface area (Å²) in [5.41, 5.74) is 4.10. The van der Waals surface area contributed by atoms with Crippen molar-refractivity contribution in [3.63, 3.8) is 0 Å². The van der Waals surface area contributed by atoms with Gasteiger partial charge in [-0.25, -0.2) is 0 Å². The molecular formula is C24H25N3O3. The SMILES string of the molecule is Cc1ccc(-c2nn(Cc3ccccc3)cc2C(=O)NCC(=O)OCC2CC2)cc1. The lowest BCUT2D eigenvalue weighted by atomic mass is 10.1. The summed E-state index contributed by atoms with van der Waals surface area (Å²) in [7, 11) is 0. The number of amides is 1. The van der Waals surface area contributed by atoms with Crippen LogP contribution in [0.25, 0.3) is 11.3 Å². The monoisotopic (exact) mass is 403 g/mol. The topological polar surface area (TPSA) is 73.2 Å². The Kier molecular flexibility index (Phi) is 5.93. The lowest BCUT2D eigenvalue weighted by Crippen LogP contribution is -2.31. The van der Waals surface area contributed by atoms with Gasteiger partial charge in [0.15, 0.2) is 0 Å². The third-order valence-corrected chi connectivity index (χ3v) is 5.09. The molecule has 3 aromatic rings. The second-order valence-corrected chi connectivity index (χ2v) is 7.75. The highest BCUT2D eigenvalue weighted by Gasteiger charge is 2.23. The Hall–Kier alpha value is -3.41. The summed E-state index contributed by atoms with van der Waals surface area (Å²) in [4.78, 5) is 24.7. The molecule has 154 valence electrons.